The van der Waals surface area contributed by atoms with E-state index in [0.29, 0.717) is 18.5 Å². The van der Waals surface area contributed by atoms with Gasteiger partial charge in [-0.1, -0.05) is 72.8 Å². The molecule has 3 rings (SSSR count). The molecule has 0 aromatic heterocycles. The maximum absolute atomic E-state index is 13.7. The van der Waals surface area contributed by atoms with Gasteiger partial charge in [0.25, 0.3) is 0 Å². The van der Waals surface area contributed by atoms with E-state index in [1.807, 2.05) is 54.6 Å². The van der Waals surface area contributed by atoms with Gasteiger partial charge in [-0.25, -0.2) is 4.39 Å². The van der Waals surface area contributed by atoms with Crippen molar-refractivity contribution in [2.24, 2.45) is 5.73 Å². The van der Waals surface area contributed by atoms with Crippen molar-refractivity contribution in [2.45, 2.75) is 25.4 Å². The zero-order valence-corrected chi connectivity index (χ0v) is 15.1. The molecule has 3 aromatic carbocycles. The molecular weight excluding hydrogens is 339 g/mol. The zero-order valence-electron chi connectivity index (χ0n) is 15.1. The molecule has 0 spiro atoms. The molecule has 0 aliphatic rings. The Morgan fingerprint density at radius 3 is 2.26 bits per heavy atom. The van der Waals surface area contributed by atoms with Crippen LogP contribution in [0.15, 0.2) is 78.9 Å². The van der Waals surface area contributed by atoms with Crippen LogP contribution in [-0.4, -0.2) is 11.9 Å². The fraction of sp³-hybridized carbons (Fsp3) is 0.174. The minimum atomic E-state index is -0.425. The SMILES string of the molecule is N[C@@H](CC(=O)NCc1ccccc1-c1ccccc1)Cc1ccccc1F. The summed E-state index contributed by atoms with van der Waals surface area (Å²) < 4.78 is 13.7. The van der Waals surface area contributed by atoms with Gasteiger partial charge < -0.3 is 11.1 Å². The summed E-state index contributed by atoms with van der Waals surface area (Å²) in [7, 11) is 0. The van der Waals surface area contributed by atoms with E-state index in [-0.39, 0.29) is 18.1 Å². The molecule has 1 amide bonds. The Morgan fingerprint density at radius 2 is 1.52 bits per heavy atom. The highest BCUT2D eigenvalue weighted by atomic mass is 19.1. The first-order valence-electron chi connectivity index (χ1n) is 9.02. The number of rotatable bonds is 7. The van der Waals surface area contributed by atoms with Crippen LogP contribution in [-0.2, 0) is 17.8 Å². The number of amides is 1. The predicted molar refractivity (Wildman–Crippen MR) is 106 cm³/mol. The summed E-state index contributed by atoms with van der Waals surface area (Å²) in [5, 5.41) is 2.93. The molecule has 3 nitrogen and oxygen atoms in total. The average molecular weight is 362 g/mol. The van der Waals surface area contributed by atoms with Crippen LogP contribution in [0.3, 0.4) is 0 Å². The monoisotopic (exact) mass is 362 g/mol. The molecule has 3 aromatic rings. The quantitative estimate of drug-likeness (QED) is 0.666. The topological polar surface area (TPSA) is 55.1 Å². The number of carbonyl (C=O) groups is 1. The van der Waals surface area contributed by atoms with Gasteiger partial charge in [-0.2, -0.15) is 0 Å². The summed E-state index contributed by atoms with van der Waals surface area (Å²) in [6.07, 6.45) is 0.489. The number of carbonyl (C=O) groups excluding carboxylic acids is 1. The molecule has 0 aliphatic carbocycles. The van der Waals surface area contributed by atoms with Gasteiger partial charge in [0.15, 0.2) is 0 Å². The number of halogens is 1. The fourth-order valence-corrected chi connectivity index (χ4v) is 3.10. The van der Waals surface area contributed by atoms with Gasteiger partial charge in [0.1, 0.15) is 5.82 Å². The minimum Gasteiger partial charge on any atom is -0.352 e. The lowest BCUT2D eigenvalue weighted by Gasteiger charge is -2.14. The van der Waals surface area contributed by atoms with E-state index >= 15 is 0 Å². The van der Waals surface area contributed by atoms with Crippen molar-refractivity contribution in [1.82, 2.24) is 5.32 Å². The van der Waals surface area contributed by atoms with Crippen molar-refractivity contribution in [1.29, 1.82) is 0 Å². The van der Waals surface area contributed by atoms with Crippen LogP contribution in [0, 0.1) is 5.82 Å². The first-order valence-corrected chi connectivity index (χ1v) is 9.02. The van der Waals surface area contributed by atoms with Crippen molar-refractivity contribution in [2.75, 3.05) is 0 Å². The van der Waals surface area contributed by atoms with Crippen molar-refractivity contribution >= 4 is 5.91 Å². The first kappa shape index (κ1) is 18.8. The second-order valence-electron chi connectivity index (χ2n) is 6.56. The molecule has 4 heteroatoms. The molecule has 0 bridgehead atoms. The zero-order chi connectivity index (χ0) is 19.1. The minimum absolute atomic E-state index is 0.137. The van der Waals surface area contributed by atoms with Gasteiger partial charge in [0, 0.05) is 19.0 Å². The Bertz CT molecular complexity index is 896. The number of benzene rings is 3. The molecule has 3 N–H and O–H groups in total. The van der Waals surface area contributed by atoms with E-state index in [2.05, 4.69) is 5.32 Å². The molecule has 0 radical (unpaired) electrons. The summed E-state index contributed by atoms with van der Waals surface area (Å²) in [6, 6.07) is 24.1. The Balaban J connectivity index is 1.58. The van der Waals surface area contributed by atoms with E-state index in [1.54, 1.807) is 18.2 Å². The number of hydrogen-bond acceptors (Lipinski definition) is 2. The van der Waals surface area contributed by atoms with Gasteiger partial charge in [-0.3, -0.25) is 4.79 Å². The van der Waals surface area contributed by atoms with Gasteiger partial charge in [0.2, 0.25) is 5.91 Å². The molecule has 0 saturated carbocycles. The van der Waals surface area contributed by atoms with E-state index in [4.69, 9.17) is 5.73 Å². The van der Waals surface area contributed by atoms with Crippen LogP contribution in [0.25, 0.3) is 11.1 Å². The van der Waals surface area contributed by atoms with Crippen LogP contribution in [0.4, 0.5) is 4.39 Å². The Kier molecular flexibility index (Phi) is 6.34. The van der Waals surface area contributed by atoms with Crippen LogP contribution >= 0.6 is 0 Å². The molecule has 1 atom stereocenters. The van der Waals surface area contributed by atoms with Crippen molar-refractivity contribution in [3.05, 3.63) is 95.8 Å². The summed E-state index contributed by atoms with van der Waals surface area (Å²) in [5.41, 5.74) is 9.82. The molecule has 0 fully saturated rings. The maximum Gasteiger partial charge on any atom is 0.221 e. The molecule has 0 unspecified atom stereocenters. The lowest BCUT2D eigenvalue weighted by Crippen LogP contribution is -2.33. The van der Waals surface area contributed by atoms with Gasteiger partial charge >= 0.3 is 0 Å². The number of nitrogens with one attached hydrogen (secondary N) is 1. The van der Waals surface area contributed by atoms with Crippen molar-refractivity contribution in [3.63, 3.8) is 0 Å². The third-order valence-electron chi connectivity index (χ3n) is 4.47. The van der Waals surface area contributed by atoms with Crippen LogP contribution < -0.4 is 11.1 Å². The molecule has 0 saturated heterocycles. The van der Waals surface area contributed by atoms with E-state index in [9.17, 15) is 9.18 Å². The first-order chi connectivity index (χ1) is 13.1. The van der Waals surface area contributed by atoms with E-state index in [0.717, 1.165) is 16.7 Å². The Morgan fingerprint density at radius 1 is 0.889 bits per heavy atom. The van der Waals surface area contributed by atoms with Crippen LogP contribution in [0.2, 0.25) is 0 Å². The summed E-state index contributed by atoms with van der Waals surface area (Å²) in [6.45, 7) is 0.427. The molecular formula is C23H23FN2O. The van der Waals surface area contributed by atoms with Crippen molar-refractivity contribution in [3.8, 4) is 11.1 Å². The normalized spacial score (nSPS) is 11.8. The largest absolute Gasteiger partial charge is 0.352 e. The second kappa shape index (κ2) is 9.10. The third kappa shape index (κ3) is 5.25. The van der Waals surface area contributed by atoms with Gasteiger partial charge in [-0.15, -0.1) is 0 Å². The molecule has 27 heavy (non-hydrogen) atoms. The molecule has 0 aliphatic heterocycles. The van der Waals surface area contributed by atoms with Crippen LogP contribution in [0.5, 0.6) is 0 Å². The second-order valence-corrected chi connectivity index (χ2v) is 6.56. The summed E-state index contributed by atoms with van der Waals surface area (Å²) in [5.74, 6) is -0.424. The Hall–Kier alpha value is -2.98. The third-order valence-corrected chi connectivity index (χ3v) is 4.47. The molecule has 0 heterocycles. The lowest BCUT2D eigenvalue weighted by molar-refractivity contribution is -0.121. The smallest absolute Gasteiger partial charge is 0.221 e. The van der Waals surface area contributed by atoms with Gasteiger partial charge in [0.05, 0.1) is 0 Å². The fourth-order valence-electron chi connectivity index (χ4n) is 3.10. The van der Waals surface area contributed by atoms with Crippen molar-refractivity contribution < 1.29 is 9.18 Å². The van der Waals surface area contributed by atoms with E-state index < -0.39 is 6.04 Å². The highest BCUT2D eigenvalue weighted by Gasteiger charge is 2.13. The average Bonchev–Trinajstić information content (AvgIpc) is 2.69. The number of hydrogen-bond donors (Lipinski definition) is 2. The summed E-state index contributed by atoms with van der Waals surface area (Å²) in [4.78, 5) is 12.3. The lowest BCUT2D eigenvalue weighted by atomic mass is 9.99. The highest BCUT2D eigenvalue weighted by Crippen LogP contribution is 2.23. The predicted octanol–water partition coefficient (Wildman–Crippen LogP) is 4.07. The Labute approximate surface area is 159 Å². The maximum atomic E-state index is 13.7. The van der Waals surface area contributed by atoms with E-state index in [1.165, 1.54) is 6.07 Å². The standard InChI is InChI=1S/C23H23FN2O/c24-22-13-7-5-10-18(22)14-20(25)15-23(27)26-16-19-11-4-6-12-21(19)17-8-2-1-3-9-17/h1-13,20H,14-16,25H2,(H,26,27)/t20-/m1/s1. The number of nitrogens with two attached hydrogens (primary N) is 1. The van der Waals surface area contributed by atoms with Crippen LogP contribution in [0.1, 0.15) is 17.5 Å². The highest BCUT2D eigenvalue weighted by molar-refractivity contribution is 5.77. The van der Waals surface area contributed by atoms with Gasteiger partial charge in [-0.05, 0) is 34.7 Å². The molecule has 138 valence electrons. The summed E-state index contributed by atoms with van der Waals surface area (Å²) >= 11 is 0.